The van der Waals surface area contributed by atoms with Gasteiger partial charge in [0.15, 0.2) is 0 Å². The fourth-order valence-corrected chi connectivity index (χ4v) is 1.36. The molecule has 0 aliphatic rings. The molecule has 0 saturated heterocycles. The minimum atomic E-state index is 0.197. The summed E-state index contributed by atoms with van der Waals surface area (Å²) in [5, 5.41) is 0.437. The number of hydrogen-bond donors (Lipinski definition) is 0. The van der Waals surface area contributed by atoms with Crippen LogP contribution in [0.15, 0.2) is 22.7 Å². The first-order valence-electron chi connectivity index (χ1n) is 3.80. The number of halogens is 2. The molecule has 3 heteroatoms. The zero-order valence-electron chi connectivity index (χ0n) is 7.02. The van der Waals surface area contributed by atoms with E-state index in [1.54, 1.807) is 0 Å². The van der Waals surface area contributed by atoms with Gasteiger partial charge in [-0.1, -0.05) is 57.0 Å². The molecule has 0 heterocycles. The zero-order chi connectivity index (χ0) is 9.40. The number of hydrogen-bond acceptors (Lipinski definition) is 1. The van der Waals surface area contributed by atoms with E-state index in [4.69, 9.17) is 0 Å². The molecule has 0 atom stereocenters. The first kappa shape index (κ1) is 12.1. The summed E-state index contributed by atoms with van der Waals surface area (Å²) in [5.41, 5.74) is 0. The molecule has 0 N–H and O–H groups in total. The third kappa shape index (κ3) is 6.80. The Bertz CT molecular complexity index is 195. The summed E-state index contributed by atoms with van der Waals surface area (Å²) in [6.07, 6.45) is 7.31. The van der Waals surface area contributed by atoms with Crippen molar-refractivity contribution in [3.63, 3.8) is 0 Å². The van der Waals surface area contributed by atoms with Gasteiger partial charge in [-0.2, -0.15) is 0 Å². The maximum atomic E-state index is 10.8. The Labute approximate surface area is 90.2 Å². The van der Waals surface area contributed by atoms with E-state index in [-0.39, 0.29) is 5.78 Å². The van der Waals surface area contributed by atoms with Gasteiger partial charge in [0.25, 0.3) is 0 Å². The minimum absolute atomic E-state index is 0.197. The number of carbonyl (C=O) groups is 1. The molecular weight excluding hydrogens is 284 g/mol. The third-order valence-corrected chi connectivity index (χ3v) is 2.38. The summed E-state index contributed by atoms with van der Waals surface area (Å²) < 4.78 is 1.03. The van der Waals surface area contributed by atoms with Crippen molar-refractivity contribution in [3.8, 4) is 0 Å². The second kappa shape index (κ2) is 7.74. The SMILES string of the molecule is CC/C=C(Br)\C=C/CC(=O)CBr. The molecular formula is C9H12Br2O. The van der Waals surface area contributed by atoms with Gasteiger partial charge in [0, 0.05) is 10.9 Å². The average molecular weight is 296 g/mol. The molecule has 0 amide bonds. The molecule has 0 aliphatic carbocycles. The second-order valence-electron chi connectivity index (χ2n) is 2.28. The first-order chi connectivity index (χ1) is 5.70. The standard InChI is InChI=1S/C9H12Br2O/c1-2-4-8(11)5-3-6-9(12)7-10/h3-5H,2,6-7H2,1H3/b5-3-,8-4+. The molecule has 0 fully saturated rings. The van der Waals surface area contributed by atoms with Crippen LogP contribution < -0.4 is 0 Å². The van der Waals surface area contributed by atoms with Crippen LogP contribution in [0.5, 0.6) is 0 Å². The Balaban J connectivity index is 3.76. The van der Waals surface area contributed by atoms with Crippen LogP contribution in [0.2, 0.25) is 0 Å². The first-order valence-corrected chi connectivity index (χ1v) is 5.72. The smallest absolute Gasteiger partial charge is 0.147 e. The van der Waals surface area contributed by atoms with Crippen molar-refractivity contribution < 1.29 is 4.79 Å². The van der Waals surface area contributed by atoms with Gasteiger partial charge in [-0.25, -0.2) is 0 Å². The van der Waals surface area contributed by atoms with Gasteiger partial charge < -0.3 is 0 Å². The van der Waals surface area contributed by atoms with Gasteiger partial charge in [-0.05, 0) is 6.42 Å². The molecule has 0 rings (SSSR count). The van der Waals surface area contributed by atoms with E-state index in [2.05, 4.69) is 44.9 Å². The van der Waals surface area contributed by atoms with E-state index in [0.717, 1.165) is 10.9 Å². The Morgan fingerprint density at radius 1 is 1.50 bits per heavy atom. The van der Waals surface area contributed by atoms with Crippen molar-refractivity contribution in [2.45, 2.75) is 19.8 Å². The maximum absolute atomic E-state index is 10.8. The van der Waals surface area contributed by atoms with Gasteiger partial charge in [-0.15, -0.1) is 0 Å². The van der Waals surface area contributed by atoms with Crippen molar-refractivity contribution in [3.05, 3.63) is 22.7 Å². The molecule has 0 spiro atoms. The summed E-state index contributed by atoms with van der Waals surface area (Å²) >= 11 is 6.46. The molecule has 0 bridgehead atoms. The summed E-state index contributed by atoms with van der Waals surface area (Å²) in [5.74, 6) is 0.197. The van der Waals surface area contributed by atoms with Gasteiger partial charge in [-0.3, -0.25) is 4.79 Å². The predicted molar refractivity (Wildman–Crippen MR) is 59.9 cm³/mol. The lowest BCUT2D eigenvalue weighted by molar-refractivity contribution is -0.115. The highest BCUT2D eigenvalue weighted by atomic mass is 79.9. The normalized spacial score (nSPS) is 12.4. The zero-order valence-corrected chi connectivity index (χ0v) is 10.2. The number of rotatable bonds is 5. The molecule has 0 radical (unpaired) electrons. The number of alkyl halides is 1. The van der Waals surface area contributed by atoms with Crippen LogP contribution in [0, 0.1) is 0 Å². The van der Waals surface area contributed by atoms with Crippen LogP contribution in [0.3, 0.4) is 0 Å². The van der Waals surface area contributed by atoms with E-state index in [1.807, 2.05) is 12.2 Å². The monoisotopic (exact) mass is 294 g/mol. The van der Waals surface area contributed by atoms with E-state index in [9.17, 15) is 4.79 Å². The Kier molecular flexibility index (Phi) is 7.81. The molecule has 12 heavy (non-hydrogen) atoms. The fraction of sp³-hybridized carbons (Fsp3) is 0.444. The number of Topliss-reactive ketones (excluding diaryl/α,β-unsaturated/α-hetero) is 1. The van der Waals surface area contributed by atoms with E-state index < -0.39 is 0 Å². The lowest BCUT2D eigenvalue weighted by Crippen LogP contribution is -1.94. The van der Waals surface area contributed by atoms with Crippen LogP contribution in [-0.4, -0.2) is 11.1 Å². The molecule has 68 valence electrons. The highest BCUT2D eigenvalue weighted by molar-refractivity contribution is 9.11. The molecule has 0 aromatic carbocycles. The molecule has 0 aromatic rings. The average Bonchev–Trinajstić information content (AvgIpc) is 2.04. The number of carbonyl (C=O) groups excluding carboxylic acids is 1. The van der Waals surface area contributed by atoms with Crippen LogP contribution in [0.25, 0.3) is 0 Å². The largest absolute Gasteiger partial charge is 0.298 e. The topological polar surface area (TPSA) is 17.1 Å². The highest BCUT2D eigenvalue weighted by Gasteiger charge is 1.93. The molecule has 0 unspecified atom stereocenters. The van der Waals surface area contributed by atoms with Gasteiger partial charge in [0.1, 0.15) is 5.78 Å². The highest BCUT2D eigenvalue weighted by Crippen LogP contribution is 2.08. The maximum Gasteiger partial charge on any atom is 0.147 e. The third-order valence-electron chi connectivity index (χ3n) is 1.17. The van der Waals surface area contributed by atoms with Crippen molar-refractivity contribution in [1.82, 2.24) is 0 Å². The molecule has 1 nitrogen and oxygen atoms in total. The number of ketones is 1. The minimum Gasteiger partial charge on any atom is -0.298 e. The Morgan fingerprint density at radius 3 is 2.67 bits per heavy atom. The van der Waals surface area contributed by atoms with Gasteiger partial charge in [0.2, 0.25) is 0 Å². The second-order valence-corrected chi connectivity index (χ2v) is 3.75. The van der Waals surface area contributed by atoms with Gasteiger partial charge >= 0.3 is 0 Å². The summed E-state index contributed by atoms with van der Waals surface area (Å²) in [4.78, 5) is 10.8. The van der Waals surface area contributed by atoms with Crippen LogP contribution in [0.1, 0.15) is 19.8 Å². The quantitative estimate of drug-likeness (QED) is 0.560. The van der Waals surface area contributed by atoms with E-state index in [1.165, 1.54) is 0 Å². The molecule has 0 saturated carbocycles. The fourth-order valence-electron chi connectivity index (χ4n) is 0.621. The lowest BCUT2D eigenvalue weighted by Gasteiger charge is -1.89. The Hall–Kier alpha value is 0.110. The molecule has 0 aromatic heterocycles. The van der Waals surface area contributed by atoms with Crippen LogP contribution in [-0.2, 0) is 4.79 Å². The molecule has 0 aliphatic heterocycles. The predicted octanol–water partition coefficient (Wildman–Crippen LogP) is 3.59. The van der Waals surface area contributed by atoms with Crippen molar-refractivity contribution in [2.24, 2.45) is 0 Å². The van der Waals surface area contributed by atoms with Gasteiger partial charge in [0.05, 0.1) is 5.33 Å². The van der Waals surface area contributed by atoms with E-state index in [0.29, 0.717) is 11.8 Å². The van der Waals surface area contributed by atoms with Crippen LogP contribution >= 0.6 is 31.9 Å². The van der Waals surface area contributed by atoms with E-state index >= 15 is 0 Å². The van der Waals surface area contributed by atoms with Crippen molar-refractivity contribution in [1.29, 1.82) is 0 Å². The summed E-state index contributed by atoms with van der Waals surface area (Å²) in [6, 6.07) is 0. The van der Waals surface area contributed by atoms with Crippen molar-refractivity contribution >= 4 is 37.6 Å². The van der Waals surface area contributed by atoms with Crippen LogP contribution in [0.4, 0.5) is 0 Å². The number of allylic oxidation sites excluding steroid dienone is 4. The summed E-state index contributed by atoms with van der Waals surface area (Å²) in [6.45, 7) is 2.07. The lowest BCUT2D eigenvalue weighted by atomic mass is 10.3. The summed E-state index contributed by atoms with van der Waals surface area (Å²) in [7, 11) is 0. The van der Waals surface area contributed by atoms with Crippen molar-refractivity contribution in [2.75, 3.05) is 5.33 Å². The Morgan fingerprint density at radius 2 is 2.17 bits per heavy atom.